The maximum atomic E-state index is 9.65. The first-order valence-corrected chi connectivity index (χ1v) is 7.14. The van der Waals surface area contributed by atoms with Crippen molar-refractivity contribution in [3.05, 3.63) is 41.0 Å². The first kappa shape index (κ1) is 14.3. The minimum Gasteiger partial charge on any atom is -0.383 e. The maximum Gasteiger partial charge on any atom is 0.255 e. The molecule has 5 nitrogen and oxygen atoms in total. The number of aliphatic hydroxyl groups is 1. The van der Waals surface area contributed by atoms with E-state index in [0.29, 0.717) is 29.6 Å². The molecule has 0 aliphatic heterocycles. The topological polar surface area (TPSA) is 85.2 Å². The van der Waals surface area contributed by atoms with Crippen LogP contribution in [0.4, 0.5) is 0 Å². The van der Waals surface area contributed by atoms with Gasteiger partial charge in [-0.15, -0.1) is 11.8 Å². The first-order valence-electron chi connectivity index (χ1n) is 5.78. The van der Waals surface area contributed by atoms with E-state index in [1.165, 1.54) is 0 Å². The van der Waals surface area contributed by atoms with Gasteiger partial charge in [-0.2, -0.15) is 4.98 Å². The molecular formula is C12H14ClN3O2S. The van der Waals surface area contributed by atoms with E-state index in [1.807, 2.05) is 24.3 Å². The van der Waals surface area contributed by atoms with Crippen LogP contribution in [0, 0.1) is 0 Å². The zero-order valence-corrected chi connectivity index (χ0v) is 11.7. The lowest BCUT2D eigenvalue weighted by Crippen LogP contribution is -2.06. The quantitative estimate of drug-likeness (QED) is 0.797. The van der Waals surface area contributed by atoms with Crippen LogP contribution in [-0.4, -0.2) is 21.8 Å². The van der Waals surface area contributed by atoms with Crippen LogP contribution in [0.3, 0.4) is 0 Å². The number of benzene rings is 1. The minimum absolute atomic E-state index is 0.220. The van der Waals surface area contributed by atoms with E-state index in [-0.39, 0.29) is 5.89 Å². The fourth-order valence-electron chi connectivity index (χ4n) is 1.42. The molecule has 0 saturated carbocycles. The largest absolute Gasteiger partial charge is 0.383 e. The standard InChI is InChI=1S/C12H14ClN3O2S/c13-8-1-3-9(4-2-8)19-7-11-15-12(18-16-11)10(17)5-6-14/h1-4,10,17H,5-7,14H2/t10-/m0/s1. The molecule has 2 aromatic rings. The van der Waals surface area contributed by atoms with Gasteiger partial charge in [0.25, 0.3) is 5.89 Å². The molecule has 0 aliphatic rings. The molecule has 0 saturated heterocycles. The number of nitrogens with two attached hydrogens (primary N) is 1. The Balaban J connectivity index is 1.91. The normalized spacial score (nSPS) is 12.6. The summed E-state index contributed by atoms with van der Waals surface area (Å²) in [7, 11) is 0. The van der Waals surface area contributed by atoms with Gasteiger partial charge in [0.05, 0.1) is 5.75 Å². The van der Waals surface area contributed by atoms with Crippen LogP contribution in [0.5, 0.6) is 0 Å². The highest BCUT2D eigenvalue weighted by atomic mass is 35.5. The van der Waals surface area contributed by atoms with Crippen molar-refractivity contribution in [1.29, 1.82) is 0 Å². The summed E-state index contributed by atoms with van der Waals surface area (Å²) >= 11 is 7.38. The van der Waals surface area contributed by atoms with Crippen LogP contribution in [0.2, 0.25) is 5.02 Å². The summed E-state index contributed by atoms with van der Waals surface area (Å²) in [5.74, 6) is 1.34. The SMILES string of the molecule is NCC[C@H](O)c1nc(CSc2ccc(Cl)cc2)no1. The molecule has 0 fully saturated rings. The molecule has 0 amide bonds. The second-order valence-corrected chi connectivity index (χ2v) is 5.37. The smallest absolute Gasteiger partial charge is 0.255 e. The average Bonchev–Trinajstić information content (AvgIpc) is 2.87. The van der Waals surface area contributed by atoms with Gasteiger partial charge in [0.15, 0.2) is 5.82 Å². The molecule has 0 aliphatic carbocycles. The van der Waals surface area contributed by atoms with E-state index in [1.54, 1.807) is 11.8 Å². The van der Waals surface area contributed by atoms with Crippen LogP contribution < -0.4 is 5.73 Å². The number of thioether (sulfide) groups is 1. The summed E-state index contributed by atoms with van der Waals surface area (Å²) in [6.45, 7) is 0.373. The Kier molecular flexibility index (Phi) is 5.21. The fourth-order valence-corrected chi connectivity index (χ4v) is 2.29. The third-order valence-corrected chi connectivity index (χ3v) is 3.65. The van der Waals surface area contributed by atoms with E-state index in [0.717, 1.165) is 4.90 Å². The van der Waals surface area contributed by atoms with E-state index >= 15 is 0 Å². The van der Waals surface area contributed by atoms with Crippen LogP contribution in [0.25, 0.3) is 0 Å². The highest BCUT2D eigenvalue weighted by Gasteiger charge is 2.15. The highest BCUT2D eigenvalue weighted by Crippen LogP contribution is 2.24. The zero-order valence-electron chi connectivity index (χ0n) is 10.1. The molecule has 2 rings (SSSR count). The Bertz CT molecular complexity index is 518. The van der Waals surface area contributed by atoms with Gasteiger partial charge in [-0.25, -0.2) is 0 Å². The number of hydrogen-bond donors (Lipinski definition) is 2. The highest BCUT2D eigenvalue weighted by molar-refractivity contribution is 7.98. The minimum atomic E-state index is -0.785. The summed E-state index contributed by atoms with van der Waals surface area (Å²) < 4.78 is 4.99. The van der Waals surface area contributed by atoms with Gasteiger partial charge in [-0.05, 0) is 37.2 Å². The van der Waals surface area contributed by atoms with Crippen molar-refractivity contribution in [2.24, 2.45) is 5.73 Å². The monoisotopic (exact) mass is 299 g/mol. The second kappa shape index (κ2) is 6.91. The van der Waals surface area contributed by atoms with Crippen LogP contribution >= 0.6 is 23.4 Å². The lowest BCUT2D eigenvalue weighted by atomic mass is 10.2. The van der Waals surface area contributed by atoms with Crippen molar-refractivity contribution in [2.45, 2.75) is 23.2 Å². The molecule has 102 valence electrons. The van der Waals surface area contributed by atoms with Gasteiger partial charge in [0, 0.05) is 9.92 Å². The molecular weight excluding hydrogens is 286 g/mol. The van der Waals surface area contributed by atoms with Crippen molar-refractivity contribution >= 4 is 23.4 Å². The van der Waals surface area contributed by atoms with E-state index < -0.39 is 6.10 Å². The number of halogens is 1. The van der Waals surface area contributed by atoms with Gasteiger partial charge in [-0.1, -0.05) is 16.8 Å². The Hall–Kier alpha value is -1.08. The summed E-state index contributed by atoms with van der Waals surface area (Å²) in [5.41, 5.74) is 5.36. The van der Waals surface area contributed by atoms with Gasteiger partial charge in [0.1, 0.15) is 6.10 Å². The van der Waals surface area contributed by atoms with Crippen LogP contribution in [-0.2, 0) is 5.75 Å². The van der Waals surface area contributed by atoms with Crippen molar-refractivity contribution in [1.82, 2.24) is 10.1 Å². The Morgan fingerprint density at radius 3 is 2.79 bits per heavy atom. The molecule has 0 bridgehead atoms. The lowest BCUT2D eigenvalue weighted by molar-refractivity contribution is 0.127. The van der Waals surface area contributed by atoms with Crippen LogP contribution in [0.15, 0.2) is 33.7 Å². The van der Waals surface area contributed by atoms with Crippen molar-refractivity contribution in [3.8, 4) is 0 Å². The van der Waals surface area contributed by atoms with Gasteiger partial charge >= 0.3 is 0 Å². The molecule has 0 spiro atoms. The molecule has 19 heavy (non-hydrogen) atoms. The lowest BCUT2D eigenvalue weighted by Gasteiger charge is -2.01. The fraction of sp³-hybridized carbons (Fsp3) is 0.333. The summed E-state index contributed by atoms with van der Waals surface area (Å²) in [4.78, 5) is 5.20. The third kappa shape index (κ3) is 4.21. The third-order valence-electron chi connectivity index (χ3n) is 2.39. The van der Waals surface area contributed by atoms with Crippen molar-refractivity contribution in [2.75, 3.05) is 6.54 Å². The van der Waals surface area contributed by atoms with Crippen LogP contribution in [0.1, 0.15) is 24.2 Å². The first-order chi connectivity index (χ1) is 9.19. The Morgan fingerprint density at radius 2 is 2.11 bits per heavy atom. The van der Waals surface area contributed by atoms with Crippen molar-refractivity contribution in [3.63, 3.8) is 0 Å². The summed E-state index contributed by atoms with van der Waals surface area (Å²) in [5, 5.41) is 14.2. The van der Waals surface area contributed by atoms with Gasteiger partial charge < -0.3 is 15.4 Å². The molecule has 7 heteroatoms. The predicted octanol–water partition coefficient (Wildman–Crippen LogP) is 2.40. The second-order valence-electron chi connectivity index (χ2n) is 3.88. The molecule has 0 unspecified atom stereocenters. The van der Waals surface area contributed by atoms with E-state index in [9.17, 15) is 5.11 Å². The van der Waals surface area contributed by atoms with E-state index in [4.69, 9.17) is 21.9 Å². The molecule has 1 aromatic carbocycles. The summed E-state index contributed by atoms with van der Waals surface area (Å²) in [6, 6.07) is 7.52. The molecule has 1 aromatic heterocycles. The maximum absolute atomic E-state index is 9.65. The van der Waals surface area contributed by atoms with E-state index in [2.05, 4.69) is 10.1 Å². The molecule has 0 radical (unpaired) electrons. The predicted molar refractivity (Wildman–Crippen MR) is 73.9 cm³/mol. The number of rotatable bonds is 6. The Morgan fingerprint density at radius 1 is 1.37 bits per heavy atom. The van der Waals surface area contributed by atoms with Crippen molar-refractivity contribution < 1.29 is 9.63 Å². The molecule has 1 atom stereocenters. The summed E-state index contributed by atoms with van der Waals surface area (Å²) in [6.07, 6.45) is -0.377. The number of hydrogen-bond acceptors (Lipinski definition) is 6. The van der Waals surface area contributed by atoms with Gasteiger partial charge in [-0.3, -0.25) is 0 Å². The number of nitrogens with zero attached hydrogens (tertiary/aromatic N) is 2. The zero-order chi connectivity index (χ0) is 13.7. The molecule has 1 heterocycles. The van der Waals surface area contributed by atoms with Gasteiger partial charge in [0.2, 0.25) is 0 Å². The average molecular weight is 300 g/mol. The number of aromatic nitrogens is 2. The Labute approximate surface area is 120 Å². The number of aliphatic hydroxyl groups excluding tert-OH is 1. The molecule has 3 N–H and O–H groups in total.